The molecule has 1 heterocycles. The van der Waals surface area contributed by atoms with E-state index in [0.29, 0.717) is 10.0 Å². The van der Waals surface area contributed by atoms with Gasteiger partial charge in [-0.05, 0) is 41.2 Å². The highest BCUT2D eigenvalue weighted by atomic mass is 79.9. The minimum absolute atomic E-state index is 0.169. The van der Waals surface area contributed by atoms with Crippen molar-refractivity contribution in [2.45, 2.75) is 56.8 Å². The van der Waals surface area contributed by atoms with E-state index in [-0.39, 0.29) is 17.0 Å². The smallest absolute Gasteiger partial charge is 0.385 e. The van der Waals surface area contributed by atoms with Gasteiger partial charge in [0.2, 0.25) is 0 Å². The lowest BCUT2D eigenvalue weighted by Crippen LogP contribution is -2.44. The van der Waals surface area contributed by atoms with Crippen molar-refractivity contribution >= 4 is 39.5 Å². The van der Waals surface area contributed by atoms with E-state index >= 15 is 4.39 Å². The van der Waals surface area contributed by atoms with E-state index in [1.54, 1.807) is 24.3 Å². The van der Waals surface area contributed by atoms with Gasteiger partial charge in [0, 0.05) is 16.4 Å². The second-order valence-electron chi connectivity index (χ2n) is 9.78. The maximum absolute atomic E-state index is 15.4. The molecule has 2 aromatic rings. The van der Waals surface area contributed by atoms with E-state index in [1.807, 2.05) is 20.8 Å². The number of nitrogens with zero attached hydrogens (tertiary/aromatic N) is 1. The Bertz CT molecular complexity index is 1210. The number of halogens is 6. The quantitative estimate of drug-likeness (QED) is 0.261. The van der Waals surface area contributed by atoms with Crippen LogP contribution in [0.1, 0.15) is 44.2 Å². The van der Waals surface area contributed by atoms with Crippen LogP contribution in [-0.4, -0.2) is 30.2 Å². The number of carbonyl (C=O) groups is 2. The number of esters is 2. The number of hydrogen-bond acceptors (Lipinski definition) is 5. The summed E-state index contributed by atoms with van der Waals surface area (Å²) >= 11 is 9.33. The Kier molecular flexibility index (Phi) is 7.89. The first-order valence-corrected chi connectivity index (χ1v) is 12.0. The highest BCUT2D eigenvalue weighted by Crippen LogP contribution is 2.52. The zero-order valence-electron chi connectivity index (χ0n) is 19.4. The number of nitriles is 1. The van der Waals surface area contributed by atoms with Gasteiger partial charge in [-0.25, -0.2) is 14.0 Å². The molecule has 5 nitrogen and oxygen atoms in total. The fourth-order valence-electron chi connectivity index (χ4n) is 4.68. The summed E-state index contributed by atoms with van der Waals surface area (Å²) in [5.41, 5.74) is -1.84. The highest BCUT2D eigenvalue weighted by Gasteiger charge is 2.61. The van der Waals surface area contributed by atoms with Crippen molar-refractivity contribution in [3.8, 4) is 6.07 Å². The van der Waals surface area contributed by atoms with E-state index in [4.69, 9.17) is 11.6 Å². The van der Waals surface area contributed by atoms with Gasteiger partial charge >= 0.3 is 18.1 Å². The van der Waals surface area contributed by atoms with E-state index in [2.05, 4.69) is 32.1 Å². The summed E-state index contributed by atoms with van der Waals surface area (Å²) in [6, 6.07) is 10.3. The highest BCUT2D eigenvalue weighted by molar-refractivity contribution is 9.10. The number of nitrogens with one attached hydrogen (secondary N) is 1. The molecule has 1 N–H and O–H groups in total. The van der Waals surface area contributed by atoms with Gasteiger partial charge in [0.1, 0.15) is 17.3 Å². The molecule has 192 valence electrons. The predicted molar refractivity (Wildman–Crippen MR) is 128 cm³/mol. The van der Waals surface area contributed by atoms with Crippen LogP contribution >= 0.6 is 27.5 Å². The summed E-state index contributed by atoms with van der Waals surface area (Å²) in [5.74, 6) is -6.60. The Morgan fingerprint density at radius 1 is 1.17 bits per heavy atom. The van der Waals surface area contributed by atoms with Crippen LogP contribution in [0.15, 0.2) is 46.9 Å². The van der Waals surface area contributed by atoms with Gasteiger partial charge in [0.25, 0.3) is 0 Å². The van der Waals surface area contributed by atoms with Crippen LogP contribution in [0.2, 0.25) is 5.02 Å². The average Bonchev–Trinajstić information content (AvgIpc) is 3.08. The molecule has 0 aliphatic carbocycles. The standard InChI is InChI=1S/C25H22BrClF4N2O3/c1-23(2,3)11-17-24(12-32,13-7-9-14(26)10-8-13)18(15-5-4-6-16(27)19(15)28)20(33-17)21(34)36-22(35)25(29,30)31/h4-10,17-18,20,33H,11H2,1-3H3/t17-,18-,20-,24+/m0/s1. The molecular weight excluding hydrogens is 568 g/mol. The van der Waals surface area contributed by atoms with Crippen molar-refractivity contribution < 1.29 is 31.9 Å². The molecule has 1 aliphatic heterocycles. The Hall–Kier alpha value is -2.48. The molecule has 1 aliphatic rings. The van der Waals surface area contributed by atoms with Gasteiger partial charge in [-0.15, -0.1) is 0 Å². The number of benzene rings is 2. The monoisotopic (exact) mass is 588 g/mol. The molecule has 4 atom stereocenters. The predicted octanol–water partition coefficient (Wildman–Crippen LogP) is 6.20. The maximum Gasteiger partial charge on any atom is 0.491 e. The third kappa shape index (κ3) is 5.43. The molecular formula is C25H22BrClF4N2O3. The molecule has 1 saturated heterocycles. The van der Waals surface area contributed by atoms with Crippen molar-refractivity contribution in [3.05, 3.63) is 68.9 Å². The van der Waals surface area contributed by atoms with Crippen molar-refractivity contribution in [3.63, 3.8) is 0 Å². The number of alkyl halides is 3. The summed E-state index contributed by atoms with van der Waals surface area (Å²) in [4.78, 5) is 24.5. The van der Waals surface area contributed by atoms with Gasteiger partial charge in [0.15, 0.2) is 0 Å². The lowest BCUT2D eigenvalue weighted by Gasteiger charge is -2.37. The zero-order chi connectivity index (χ0) is 27.1. The molecule has 0 amide bonds. The molecule has 3 rings (SSSR count). The second-order valence-corrected chi connectivity index (χ2v) is 11.1. The zero-order valence-corrected chi connectivity index (χ0v) is 21.8. The Morgan fingerprint density at radius 2 is 1.78 bits per heavy atom. The van der Waals surface area contributed by atoms with Gasteiger partial charge in [0.05, 0.1) is 11.1 Å². The van der Waals surface area contributed by atoms with Crippen LogP contribution in [-0.2, 0) is 19.7 Å². The van der Waals surface area contributed by atoms with Crippen molar-refractivity contribution in [1.82, 2.24) is 5.32 Å². The third-order valence-corrected chi connectivity index (χ3v) is 6.89. The minimum Gasteiger partial charge on any atom is -0.385 e. The van der Waals surface area contributed by atoms with Crippen LogP contribution in [0.5, 0.6) is 0 Å². The Balaban J connectivity index is 2.29. The average molecular weight is 590 g/mol. The number of ether oxygens (including phenoxy) is 1. The Labute approximate surface area is 218 Å². The maximum atomic E-state index is 15.4. The lowest BCUT2D eigenvalue weighted by atomic mass is 9.63. The molecule has 0 radical (unpaired) electrons. The SMILES string of the molecule is CC(C)(C)C[C@@H]1N[C@H](C(=O)OC(=O)C(F)(F)F)[C@H](c2cccc(Cl)c2F)[C@]1(C#N)c1ccc(Br)cc1. The van der Waals surface area contributed by atoms with E-state index in [1.165, 1.54) is 18.2 Å². The van der Waals surface area contributed by atoms with Crippen LogP contribution in [0.3, 0.4) is 0 Å². The first kappa shape index (κ1) is 28.1. The molecule has 36 heavy (non-hydrogen) atoms. The summed E-state index contributed by atoms with van der Waals surface area (Å²) < 4.78 is 58.9. The van der Waals surface area contributed by atoms with Crippen molar-refractivity contribution in [2.75, 3.05) is 0 Å². The van der Waals surface area contributed by atoms with Crippen LogP contribution in [0.4, 0.5) is 17.6 Å². The van der Waals surface area contributed by atoms with Crippen LogP contribution < -0.4 is 5.32 Å². The van der Waals surface area contributed by atoms with Gasteiger partial charge < -0.3 is 4.74 Å². The Morgan fingerprint density at radius 3 is 2.31 bits per heavy atom. The number of carbonyl (C=O) groups excluding carboxylic acids is 2. The topological polar surface area (TPSA) is 79.2 Å². The summed E-state index contributed by atoms with van der Waals surface area (Å²) in [5, 5.41) is 13.3. The fourth-order valence-corrected chi connectivity index (χ4v) is 5.12. The molecule has 0 saturated carbocycles. The van der Waals surface area contributed by atoms with Gasteiger partial charge in [-0.1, -0.05) is 72.6 Å². The summed E-state index contributed by atoms with van der Waals surface area (Å²) in [6.45, 7) is 5.64. The van der Waals surface area contributed by atoms with Gasteiger partial charge in [-0.3, -0.25) is 5.32 Å². The lowest BCUT2D eigenvalue weighted by molar-refractivity contribution is -0.202. The first-order valence-electron chi connectivity index (χ1n) is 10.8. The molecule has 0 unspecified atom stereocenters. The molecule has 0 aromatic heterocycles. The molecule has 0 bridgehead atoms. The largest absolute Gasteiger partial charge is 0.491 e. The fraction of sp³-hybridized carbons (Fsp3) is 0.400. The number of hydrogen-bond donors (Lipinski definition) is 1. The minimum atomic E-state index is -5.42. The third-order valence-electron chi connectivity index (χ3n) is 6.07. The molecule has 2 aromatic carbocycles. The molecule has 0 spiro atoms. The summed E-state index contributed by atoms with van der Waals surface area (Å²) in [6.07, 6.45) is -5.15. The second kappa shape index (κ2) is 10.1. The van der Waals surface area contributed by atoms with Crippen molar-refractivity contribution in [1.29, 1.82) is 5.26 Å². The summed E-state index contributed by atoms with van der Waals surface area (Å²) in [7, 11) is 0. The van der Waals surface area contributed by atoms with Crippen LogP contribution in [0.25, 0.3) is 0 Å². The normalized spacial score (nSPS) is 24.3. The van der Waals surface area contributed by atoms with E-state index in [0.717, 1.165) is 0 Å². The molecule has 11 heteroatoms. The van der Waals surface area contributed by atoms with E-state index in [9.17, 15) is 28.0 Å². The van der Waals surface area contributed by atoms with E-state index < -0.39 is 52.8 Å². The molecule has 1 fully saturated rings. The first-order chi connectivity index (χ1) is 16.6. The van der Waals surface area contributed by atoms with Crippen LogP contribution in [0, 0.1) is 22.6 Å². The number of rotatable bonds is 4. The van der Waals surface area contributed by atoms with Gasteiger partial charge in [-0.2, -0.15) is 18.4 Å². The van der Waals surface area contributed by atoms with Crippen molar-refractivity contribution in [2.24, 2.45) is 5.41 Å².